The van der Waals surface area contributed by atoms with Crippen LogP contribution in [0.1, 0.15) is 17.4 Å². The van der Waals surface area contributed by atoms with Crippen LogP contribution in [0.4, 0.5) is 4.39 Å². The highest BCUT2D eigenvalue weighted by molar-refractivity contribution is 9.10. The van der Waals surface area contributed by atoms with Crippen LogP contribution >= 0.6 is 15.9 Å². The second-order valence-electron chi connectivity index (χ2n) is 3.06. The summed E-state index contributed by atoms with van der Waals surface area (Å²) in [5.74, 6) is -0.145. The van der Waals surface area contributed by atoms with Crippen LogP contribution in [0, 0.1) is 5.82 Å². The van der Waals surface area contributed by atoms with E-state index in [1.165, 1.54) is 12.3 Å². The molecule has 2 aromatic rings. The summed E-state index contributed by atoms with van der Waals surface area (Å²) in [6.07, 6.45) is 0.367. The van der Waals surface area contributed by atoms with Gasteiger partial charge in [-0.2, -0.15) is 0 Å². The third-order valence-corrected chi connectivity index (χ3v) is 2.70. The van der Waals surface area contributed by atoms with Crippen LogP contribution in [0.25, 0.3) is 0 Å². The van der Waals surface area contributed by atoms with Crippen molar-refractivity contribution in [1.29, 1.82) is 0 Å². The minimum absolute atomic E-state index is 0.194. The molecule has 0 bridgehead atoms. The van der Waals surface area contributed by atoms with Crippen molar-refractivity contribution in [3.05, 3.63) is 58.2 Å². The van der Waals surface area contributed by atoms with Gasteiger partial charge < -0.3 is 9.52 Å². The van der Waals surface area contributed by atoms with Crippen LogP contribution in [0.2, 0.25) is 0 Å². The Morgan fingerprint density at radius 1 is 1.27 bits per heavy atom. The maximum Gasteiger partial charge on any atom is 0.143 e. The molecule has 0 amide bonds. The van der Waals surface area contributed by atoms with Gasteiger partial charge in [-0.05, 0) is 34.1 Å². The van der Waals surface area contributed by atoms with Crippen molar-refractivity contribution in [2.75, 3.05) is 0 Å². The Balaban J connectivity index is 2.42. The zero-order valence-electron chi connectivity index (χ0n) is 7.65. The topological polar surface area (TPSA) is 33.4 Å². The van der Waals surface area contributed by atoms with E-state index in [9.17, 15) is 9.50 Å². The van der Waals surface area contributed by atoms with Crippen LogP contribution in [0.15, 0.2) is 45.5 Å². The molecule has 1 unspecified atom stereocenters. The summed E-state index contributed by atoms with van der Waals surface area (Å²) >= 11 is 3.06. The number of benzene rings is 1. The first-order valence-corrected chi connectivity index (χ1v) is 5.15. The van der Waals surface area contributed by atoms with E-state index >= 15 is 0 Å². The third kappa shape index (κ3) is 1.96. The Morgan fingerprint density at radius 2 is 2.07 bits per heavy atom. The lowest BCUT2D eigenvalue weighted by Gasteiger charge is -2.09. The van der Waals surface area contributed by atoms with E-state index in [-0.39, 0.29) is 5.56 Å². The number of hydrogen-bond donors (Lipinski definition) is 1. The van der Waals surface area contributed by atoms with E-state index < -0.39 is 11.9 Å². The van der Waals surface area contributed by atoms with Gasteiger partial charge >= 0.3 is 0 Å². The van der Waals surface area contributed by atoms with Gasteiger partial charge in [-0.25, -0.2) is 4.39 Å². The average Bonchev–Trinajstić information content (AvgIpc) is 2.74. The van der Waals surface area contributed by atoms with Crippen molar-refractivity contribution in [2.45, 2.75) is 6.10 Å². The van der Waals surface area contributed by atoms with Crippen molar-refractivity contribution < 1.29 is 13.9 Å². The lowest BCUT2D eigenvalue weighted by Crippen LogP contribution is -2.01. The third-order valence-electron chi connectivity index (χ3n) is 2.09. The fourth-order valence-corrected chi connectivity index (χ4v) is 1.71. The van der Waals surface area contributed by atoms with E-state index in [0.717, 1.165) is 0 Å². The lowest BCUT2D eigenvalue weighted by molar-refractivity contribution is 0.184. The van der Waals surface area contributed by atoms with Gasteiger partial charge in [0.1, 0.15) is 17.7 Å². The standard InChI is InChI=1S/C11H8BrFO2/c12-8-4-1-3-7(10(8)13)11(14)9-5-2-6-15-9/h1-6,11,14H. The first-order chi connectivity index (χ1) is 7.20. The Morgan fingerprint density at radius 3 is 2.73 bits per heavy atom. The second-order valence-corrected chi connectivity index (χ2v) is 3.92. The summed E-state index contributed by atoms with van der Waals surface area (Å²) < 4.78 is 18.9. The number of hydrogen-bond acceptors (Lipinski definition) is 2. The summed E-state index contributed by atoms with van der Waals surface area (Å²) in [5, 5.41) is 9.83. The highest BCUT2D eigenvalue weighted by Crippen LogP contribution is 2.28. The smallest absolute Gasteiger partial charge is 0.143 e. The predicted molar refractivity (Wildman–Crippen MR) is 56.9 cm³/mol. The van der Waals surface area contributed by atoms with Crippen molar-refractivity contribution in [3.63, 3.8) is 0 Å². The van der Waals surface area contributed by atoms with E-state index in [1.807, 2.05) is 0 Å². The Labute approximate surface area is 94.5 Å². The van der Waals surface area contributed by atoms with Gasteiger partial charge in [0.25, 0.3) is 0 Å². The molecule has 4 heteroatoms. The SMILES string of the molecule is OC(c1ccco1)c1cccc(Br)c1F. The molecule has 1 heterocycles. The molecule has 2 rings (SSSR count). The number of furan rings is 1. The molecular weight excluding hydrogens is 263 g/mol. The van der Waals surface area contributed by atoms with E-state index in [1.54, 1.807) is 24.3 Å². The number of halogens is 2. The predicted octanol–water partition coefficient (Wildman–Crippen LogP) is 3.26. The molecule has 1 aromatic heterocycles. The van der Waals surface area contributed by atoms with Crippen molar-refractivity contribution >= 4 is 15.9 Å². The average molecular weight is 271 g/mol. The largest absolute Gasteiger partial charge is 0.466 e. The van der Waals surface area contributed by atoms with Crippen LogP contribution in [-0.2, 0) is 0 Å². The van der Waals surface area contributed by atoms with Gasteiger partial charge in [0.05, 0.1) is 10.7 Å². The summed E-state index contributed by atoms with van der Waals surface area (Å²) in [6.45, 7) is 0. The maximum atomic E-state index is 13.6. The molecule has 1 N–H and O–H groups in total. The minimum atomic E-state index is -1.07. The highest BCUT2D eigenvalue weighted by atomic mass is 79.9. The molecule has 0 aliphatic heterocycles. The van der Waals surface area contributed by atoms with Crippen LogP contribution in [-0.4, -0.2) is 5.11 Å². The molecular formula is C11H8BrFO2. The van der Waals surface area contributed by atoms with E-state index in [2.05, 4.69) is 15.9 Å². The fourth-order valence-electron chi connectivity index (χ4n) is 1.33. The molecule has 0 fully saturated rings. The number of aliphatic hydroxyl groups excluding tert-OH is 1. The van der Waals surface area contributed by atoms with Gasteiger partial charge in [-0.15, -0.1) is 0 Å². The molecule has 0 saturated carbocycles. The molecule has 0 radical (unpaired) electrons. The van der Waals surface area contributed by atoms with Gasteiger partial charge in [-0.1, -0.05) is 12.1 Å². The van der Waals surface area contributed by atoms with Gasteiger partial charge in [0.2, 0.25) is 0 Å². The Kier molecular flexibility index (Phi) is 2.88. The number of aliphatic hydroxyl groups is 1. The minimum Gasteiger partial charge on any atom is -0.466 e. The van der Waals surface area contributed by atoms with Gasteiger partial charge in [0.15, 0.2) is 0 Å². The van der Waals surface area contributed by atoms with Crippen LogP contribution < -0.4 is 0 Å². The van der Waals surface area contributed by atoms with Crippen molar-refractivity contribution in [1.82, 2.24) is 0 Å². The quantitative estimate of drug-likeness (QED) is 0.909. The molecule has 0 spiro atoms. The molecule has 2 nitrogen and oxygen atoms in total. The van der Waals surface area contributed by atoms with Crippen molar-refractivity contribution in [3.8, 4) is 0 Å². The Hall–Kier alpha value is -1.13. The summed E-state index contributed by atoms with van der Waals surface area (Å²) in [5.41, 5.74) is 0.194. The van der Waals surface area contributed by atoms with Gasteiger partial charge in [-0.3, -0.25) is 0 Å². The van der Waals surface area contributed by atoms with Gasteiger partial charge in [0, 0.05) is 5.56 Å². The molecule has 1 atom stereocenters. The summed E-state index contributed by atoms with van der Waals surface area (Å²) in [6, 6.07) is 8.01. The summed E-state index contributed by atoms with van der Waals surface area (Å²) in [7, 11) is 0. The normalized spacial score (nSPS) is 12.7. The molecule has 78 valence electrons. The molecule has 0 aliphatic rings. The highest BCUT2D eigenvalue weighted by Gasteiger charge is 2.18. The van der Waals surface area contributed by atoms with Crippen LogP contribution in [0.3, 0.4) is 0 Å². The Bertz CT molecular complexity index is 454. The molecule has 1 aromatic carbocycles. The first-order valence-electron chi connectivity index (χ1n) is 4.35. The lowest BCUT2D eigenvalue weighted by atomic mass is 10.1. The second kappa shape index (κ2) is 4.16. The monoisotopic (exact) mass is 270 g/mol. The summed E-state index contributed by atoms with van der Waals surface area (Å²) in [4.78, 5) is 0. The van der Waals surface area contributed by atoms with E-state index in [0.29, 0.717) is 10.2 Å². The zero-order chi connectivity index (χ0) is 10.8. The zero-order valence-corrected chi connectivity index (χ0v) is 9.24. The molecule has 15 heavy (non-hydrogen) atoms. The maximum absolute atomic E-state index is 13.6. The van der Waals surface area contributed by atoms with Crippen LogP contribution in [0.5, 0.6) is 0 Å². The fraction of sp³-hybridized carbons (Fsp3) is 0.0909. The first kappa shape index (κ1) is 10.4. The van der Waals surface area contributed by atoms with Crippen molar-refractivity contribution in [2.24, 2.45) is 0 Å². The molecule has 0 saturated heterocycles. The molecule has 0 aliphatic carbocycles. The number of rotatable bonds is 2. The van der Waals surface area contributed by atoms with E-state index in [4.69, 9.17) is 4.42 Å².